The van der Waals surface area contributed by atoms with Crippen LogP contribution in [0.25, 0.3) is 0 Å². The Morgan fingerprint density at radius 1 is 0.920 bits per heavy atom. The van der Waals surface area contributed by atoms with Crippen molar-refractivity contribution >= 4 is 11.9 Å². The van der Waals surface area contributed by atoms with Crippen molar-refractivity contribution < 1.29 is 24.5 Å². The number of benzene rings is 1. The molecule has 2 unspecified atom stereocenters. The molecular formula is C20H30O5. The summed E-state index contributed by atoms with van der Waals surface area (Å²) in [6.07, 6.45) is 7.02. The van der Waals surface area contributed by atoms with E-state index in [0.29, 0.717) is 23.5 Å². The molecule has 0 radical (unpaired) electrons. The molecule has 2 N–H and O–H groups in total. The van der Waals surface area contributed by atoms with Gasteiger partial charge in [-0.15, -0.1) is 0 Å². The largest absolute Gasteiger partial charge is 0.494 e. The number of hydrogen-bond donors (Lipinski definition) is 2. The highest BCUT2D eigenvalue weighted by Crippen LogP contribution is 2.30. The Balaban J connectivity index is 2.74. The van der Waals surface area contributed by atoms with Crippen molar-refractivity contribution in [2.75, 3.05) is 6.61 Å². The molecule has 0 spiro atoms. The molecule has 0 aliphatic carbocycles. The first-order valence-electron chi connectivity index (χ1n) is 9.10. The topological polar surface area (TPSA) is 83.8 Å². The first kappa shape index (κ1) is 21.0. The van der Waals surface area contributed by atoms with Gasteiger partial charge in [-0.05, 0) is 43.5 Å². The summed E-state index contributed by atoms with van der Waals surface area (Å²) < 4.78 is 5.74. The Bertz CT molecular complexity index is 567. The van der Waals surface area contributed by atoms with Gasteiger partial charge < -0.3 is 14.9 Å². The highest BCUT2D eigenvalue weighted by Gasteiger charge is 2.24. The minimum Gasteiger partial charge on any atom is -0.494 e. The van der Waals surface area contributed by atoms with Gasteiger partial charge >= 0.3 is 11.9 Å². The molecule has 0 bridgehead atoms. The second-order valence-electron chi connectivity index (χ2n) is 6.53. The maximum Gasteiger partial charge on any atom is 0.310 e. The predicted octanol–water partition coefficient (Wildman–Crippen LogP) is 4.80. The van der Waals surface area contributed by atoms with E-state index in [1.165, 1.54) is 25.7 Å². The molecule has 0 aliphatic rings. The van der Waals surface area contributed by atoms with Gasteiger partial charge in [-0.3, -0.25) is 9.59 Å². The van der Waals surface area contributed by atoms with E-state index < -0.39 is 23.8 Å². The Kier molecular flexibility index (Phi) is 9.03. The summed E-state index contributed by atoms with van der Waals surface area (Å²) in [5.74, 6) is -2.90. The quantitative estimate of drug-likeness (QED) is 0.529. The number of carbonyl (C=O) groups is 2. The van der Waals surface area contributed by atoms with Crippen molar-refractivity contribution in [1.82, 2.24) is 0 Å². The van der Waals surface area contributed by atoms with Crippen molar-refractivity contribution in [3.05, 3.63) is 29.3 Å². The molecule has 0 fully saturated rings. The van der Waals surface area contributed by atoms with Crippen LogP contribution in [0.4, 0.5) is 0 Å². The second kappa shape index (κ2) is 10.7. The van der Waals surface area contributed by atoms with E-state index in [-0.39, 0.29) is 0 Å². The summed E-state index contributed by atoms with van der Waals surface area (Å²) in [5, 5.41) is 18.5. The van der Waals surface area contributed by atoms with E-state index >= 15 is 0 Å². The smallest absolute Gasteiger partial charge is 0.310 e. The van der Waals surface area contributed by atoms with Gasteiger partial charge in [-0.2, -0.15) is 0 Å². The van der Waals surface area contributed by atoms with E-state index in [2.05, 4.69) is 6.92 Å². The molecule has 5 heteroatoms. The van der Waals surface area contributed by atoms with Gasteiger partial charge in [-0.1, -0.05) is 45.1 Å². The summed E-state index contributed by atoms with van der Waals surface area (Å²) in [6.45, 7) is 5.90. The van der Waals surface area contributed by atoms with Crippen LogP contribution in [0.3, 0.4) is 0 Å². The molecular weight excluding hydrogens is 320 g/mol. The lowest BCUT2D eigenvalue weighted by atomic mass is 9.89. The Hall–Kier alpha value is -2.04. The zero-order valence-electron chi connectivity index (χ0n) is 15.5. The van der Waals surface area contributed by atoms with Crippen LogP contribution in [0.5, 0.6) is 5.75 Å². The third kappa shape index (κ3) is 6.77. The number of carboxylic acids is 2. The maximum atomic E-state index is 11.4. The molecule has 0 amide bonds. The summed E-state index contributed by atoms with van der Waals surface area (Å²) in [5.41, 5.74) is 1.03. The monoisotopic (exact) mass is 350 g/mol. The van der Waals surface area contributed by atoms with Crippen LogP contribution in [0.1, 0.15) is 82.3 Å². The number of unbranched alkanes of at least 4 members (excludes halogenated alkanes) is 5. The number of carboxylic acid groups (broad SMARTS) is 2. The molecule has 0 aromatic heterocycles. The SMILES string of the molecule is CCCCCCCCOc1ccc(C(C)C(=O)O)c(C(C)C(=O)O)c1. The van der Waals surface area contributed by atoms with Gasteiger partial charge in [-0.25, -0.2) is 0 Å². The Morgan fingerprint density at radius 2 is 1.48 bits per heavy atom. The number of hydrogen-bond acceptors (Lipinski definition) is 3. The number of ether oxygens (including phenoxy) is 1. The third-order valence-corrected chi connectivity index (χ3v) is 4.50. The minimum absolute atomic E-state index is 0.503. The van der Waals surface area contributed by atoms with Crippen molar-refractivity contribution in [1.29, 1.82) is 0 Å². The number of rotatable bonds is 12. The lowest BCUT2D eigenvalue weighted by molar-refractivity contribution is -0.140. The van der Waals surface area contributed by atoms with Crippen molar-refractivity contribution in [3.63, 3.8) is 0 Å². The molecule has 2 atom stereocenters. The van der Waals surface area contributed by atoms with Crippen molar-refractivity contribution in [2.24, 2.45) is 0 Å². The van der Waals surface area contributed by atoms with Crippen LogP contribution in [0.2, 0.25) is 0 Å². The predicted molar refractivity (Wildman–Crippen MR) is 97.4 cm³/mol. The maximum absolute atomic E-state index is 11.4. The Labute approximate surface area is 150 Å². The van der Waals surface area contributed by atoms with Crippen molar-refractivity contribution in [2.45, 2.75) is 71.1 Å². The first-order chi connectivity index (χ1) is 11.9. The van der Waals surface area contributed by atoms with Gasteiger partial charge in [0.15, 0.2) is 0 Å². The molecule has 0 heterocycles. The lowest BCUT2D eigenvalue weighted by Crippen LogP contribution is -2.15. The zero-order chi connectivity index (χ0) is 18.8. The average molecular weight is 350 g/mol. The van der Waals surface area contributed by atoms with E-state index in [0.717, 1.165) is 12.8 Å². The van der Waals surface area contributed by atoms with E-state index in [9.17, 15) is 19.8 Å². The van der Waals surface area contributed by atoms with Gasteiger partial charge in [0, 0.05) is 0 Å². The molecule has 140 valence electrons. The molecule has 1 rings (SSSR count). The third-order valence-electron chi connectivity index (χ3n) is 4.50. The van der Waals surface area contributed by atoms with Crippen LogP contribution < -0.4 is 4.74 Å². The summed E-state index contributed by atoms with van der Waals surface area (Å²) >= 11 is 0. The molecule has 1 aromatic carbocycles. The highest BCUT2D eigenvalue weighted by molar-refractivity contribution is 5.80. The minimum atomic E-state index is -0.980. The van der Waals surface area contributed by atoms with E-state index in [4.69, 9.17) is 4.74 Å². The van der Waals surface area contributed by atoms with E-state index in [1.54, 1.807) is 32.0 Å². The van der Waals surface area contributed by atoms with Crippen LogP contribution in [0.15, 0.2) is 18.2 Å². The second-order valence-corrected chi connectivity index (χ2v) is 6.53. The molecule has 5 nitrogen and oxygen atoms in total. The molecule has 25 heavy (non-hydrogen) atoms. The standard InChI is InChI=1S/C20H30O5/c1-4-5-6-7-8-9-12-25-16-10-11-17(14(2)19(21)22)18(13-16)15(3)20(23)24/h10-11,13-15H,4-9,12H2,1-3H3,(H,21,22)(H,23,24). The highest BCUT2D eigenvalue weighted by atomic mass is 16.5. The van der Waals surface area contributed by atoms with Gasteiger partial charge in [0.2, 0.25) is 0 Å². The molecule has 0 aliphatic heterocycles. The summed E-state index contributed by atoms with van der Waals surface area (Å²) in [6, 6.07) is 5.07. The summed E-state index contributed by atoms with van der Waals surface area (Å²) in [7, 11) is 0. The Morgan fingerprint density at radius 3 is 2.08 bits per heavy atom. The molecule has 0 saturated heterocycles. The lowest BCUT2D eigenvalue weighted by Gasteiger charge is -2.18. The van der Waals surface area contributed by atoms with Gasteiger partial charge in [0.05, 0.1) is 18.4 Å². The summed E-state index contributed by atoms with van der Waals surface area (Å²) in [4.78, 5) is 22.6. The molecule has 1 aromatic rings. The first-order valence-corrected chi connectivity index (χ1v) is 9.10. The fraction of sp³-hybridized carbons (Fsp3) is 0.600. The van der Waals surface area contributed by atoms with Crippen LogP contribution in [-0.2, 0) is 9.59 Å². The van der Waals surface area contributed by atoms with E-state index in [1.807, 2.05) is 0 Å². The van der Waals surface area contributed by atoms with Crippen LogP contribution >= 0.6 is 0 Å². The van der Waals surface area contributed by atoms with Gasteiger partial charge in [0.1, 0.15) is 5.75 Å². The average Bonchev–Trinajstić information content (AvgIpc) is 2.59. The number of aliphatic carboxylic acids is 2. The van der Waals surface area contributed by atoms with Crippen LogP contribution in [-0.4, -0.2) is 28.8 Å². The fourth-order valence-electron chi connectivity index (χ4n) is 2.75. The van der Waals surface area contributed by atoms with Crippen molar-refractivity contribution in [3.8, 4) is 5.75 Å². The fourth-order valence-corrected chi connectivity index (χ4v) is 2.75. The van der Waals surface area contributed by atoms with Gasteiger partial charge in [0.25, 0.3) is 0 Å². The zero-order valence-corrected chi connectivity index (χ0v) is 15.5. The molecule has 0 saturated carbocycles. The normalized spacial score (nSPS) is 13.2. The van der Waals surface area contributed by atoms with Crippen LogP contribution in [0, 0.1) is 0 Å².